The van der Waals surface area contributed by atoms with E-state index in [1.807, 2.05) is 13.0 Å². The van der Waals surface area contributed by atoms with Gasteiger partial charge in [0.25, 0.3) is 0 Å². The number of rotatable bonds is 8. The molecule has 1 aromatic heterocycles. The Hall–Kier alpha value is -1.67. The van der Waals surface area contributed by atoms with Crippen LogP contribution in [0.4, 0.5) is 0 Å². The van der Waals surface area contributed by atoms with Gasteiger partial charge in [-0.2, -0.15) is 0 Å². The van der Waals surface area contributed by atoms with Gasteiger partial charge in [0, 0.05) is 44.1 Å². The summed E-state index contributed by atoms with van der Waals surface area (Å²) in [7, 11) is -3.65. The van der Waals surface area contributed by atoms with E-state index in [1.165, 1.54) is 43.2 Å². The van der Waals surface area contributed by atoms with Gasteiger partial charge in [-0.05, 0) is 71.4 Å². The predicted molar refractivity (Wildman–Crippen MR) is 161 cm³/mol. The summed E-state index contributed by atoms with van der Waals surface area (Å²) < 4.78 is 38.0. The molecule has 6 nitrogen and oxygen atoms in total. The Balaban J connectivity index is 1.74. The molecule has 39 heavy (non-hydrogen) atoms. The second kappa shape index (κ2) is 12.1. The number of sulfonamides is 1. The molecule has 2 fully saturated rings. The van der Waals surface area contributed by atoms with Gasteiger partial charge in [0.15, 0.2) is 0 Å². The van der Waals surface area contributed by atoms with Gasteiger partial charge >= 0.3 is 0 Å². The second-order valence-corrected chi connectivity index (χ2v) is 15.5. The maximum Gasteiger partial charge on any atom is 0.242 e. The van der Waals surface area contributed by atoms with Gasteiger partial charge in [0.1, 0.15) is 4.90 Å². The first kappa shape index (κ1) is 30.3. The van der Waals surface area contributed by atoms with Crippen molar-refractivity contribution in [3.63, 3.8) is 0 Å². The molecule has 0 atom stereocenters. The molecule has 1 N–H and O–H groups in total. The smallest absolute Gasteiger partial charge is 0.242 e. The molecule has 1 aliphatic heterocycles. The monoisotopic (exact) mass is 557 g/mol. The molecule has 1 saturated heterocycles. The van der Waals surface area contributed by atoms with Gasteiger partial charge in [-0.1, -0.05) is 66.9 Å². The predicted octanol–water partition coefficient (Wildman–Crippen LogP) is 6.25. The Morgan fingerprint density at radius 3 is 2.05 bits per heavy atom. The molecule has 1 aliphatic carbocycles. The van der Waals surface area contributed by atoms with Crippen LogP contribution in [0, 0.1) is 12.8 Å². The fraction of sp³-hybridized carbons (Fsp3) is 0.688. The molecule has 0 radical (unpaired) electrons. The Morgan fingerprint density at radius 1 is 0.897 bits per heavy atom. The lowest BCUT2D eigenvalue weighted by Gasteiger charge is -2.27. The minimum atomic E-state index is -3.65. The molecule has 0 unspecified atom stereocenters. The lowest BCUT2D eigenvalue weighted by molar-refractivity contribution is 0.0390. The molecular formula is C32H51N3O3S. The molecule has 1 aromatic carbocycles. The van der Waals surface area contributed by atoms with Crippen molar-refractivity contribution in [2.24, 2.45) is 5.92 Å². The van der Waals surface area contributed by atoms with Crippen molar-refractivity contribution in [2.45, 2.75) is 103 Å². The van der Waals surface area contributed by atoms with Gasteiger partial charge in [0.2, 0.25) is 10.0 Å². The summed E-state index contributed by atoms with van der Waals surface area (Å²) in [6.45, 7) is 20.6. The Kier molecular flexibility index (Phi) is 9.36. The van der Waals surface area contributed by atoms with Gasteiger partial charge < -0.3 is 9.30 Å². The highest BCUT2D eigenvalue weighted by molar-refractivity contribution is 7.89. The molecule has 4 rings (SSSR count). The molecule has 218 valence electrons. The molecule has 2 aliphatic rings. The number of ether oxygens (including phenoxy) is 1. The molecule has 0 bridgehead atoms. The average molecular weight is 558 g/mol. The first-order chi connectivity index (χ1) is 18.3. The molecule has 1 saturated carbocycles. The highest BCUT2D eigenvalue weighted by Gasteiger charge is 2.28. The number of morpholine rings is 1. The molecule has 7 heteroatoms. The normalized spacial score (nSPS) is 18.5. The largest absolute Gasteiger partial charge is 0.379 e. The zero-order valence-electron chi connectivity index (χ0n) is 25.4. The molecule has 2 heterocycles. The fourth-order valence-corrected chi connectivity index (χ4v) is 7.16. The van der Waals surface area contributed by atoms with Crippen LogP contribution in [0.25, 0.3) is 11.3 Å². The van der Waals surface area contributed by atoms with Crippen LogP contribution in [0.1, 0.15) is 90.5 Å². The summed E-state index contributed by atoms with van der Waals surface area (Å²) >= 11 is 0. The van der Waals surface area contributed by atoms with Crippen LogP contribution < -0.4 is 4.72 Å². The van der Waals surface area contributed by atoms with Crippen molar-refractivity contribution in [1.29, 1.82) is 0 Å². The van der Waals surface area contributed by atoms with Crippen molar-refractivity contribution < 1.29 is 13.2 Å². The lowest BCUT2D eigenvalue weighted by Crippen LogP contribution is -2.41. The van der Waals surface area contributed by atoms with E-state index < -0.39 is 10.0 Å². The zero-order chi connectivity index (χ0) is 28.4. The van der Waals surface area contributed by atoms with Crippen LogP contribution in [0.3, 0.4) is 0 Å². The third-order valence-corrected chi connectivity index (χ3v) is 10.1. The maximum absolute atomic E-state index is 13.7. The number of aromatic nitrogens is 1. The molecule has 0 amide bonds. The van der Waals surface area contributed by atoms with E-state index in [-0.39, 0.29) is 10.8 Å². The SMILES string of the molecule is Cc1c(S(=O)(=O)NCCN2CCOCC2)cc(-c2cc(C(C)(C)C)cc(C(C)(C)C)c2)n1CC1CCCCC1. The summed E-state index contributed by atoms with van der Waals surface area (Å²) in [5.41, 5.74) is 5.50. The van der Waals surface area contributed by atoms with Crippen LogP contribution in [0.2, 0.25) is 0 Å². The van der Waals surface area contributed by atoms with Crippen molar-refractivity contribution in [2.75, 3.05) is 39.4 Å². The maximum atomic E-state index is 13.7. The Bertz CT molecular complexity index is 1190. The zero-order valence-corrected chi connectivity index (χ0v) is 26.2. The van der Waals surface area contributed by atoms with Crippen LogP contribution in [-0.2, 0) is 32.1 Å². The van der Waals surface area contributed by atoms with Crippen LogP contribution in [0.5, 0.6) is 0 Å². The molecule has 0 spiro atoms. The van der Waals surface area contributed by atoms with Crippen LogP contribution in [0.15, 0.2) is 29.2 Å². The van der Waals surface area contributed by atoms with Crippen LogP contribution >= 0.6 is 0 Å². The van der Waals surface area contributed by atoms with Crippen molar-refractivity contribution in [1.82, 2.24) is 14.2 Å². The third kappa shape index (κ3) is 7.55. The quantitative estimate of drug-likeness (QED) is 0.417. The van der Waals surface area contributed by atoms with E-state index in [4.69, 9.17) is 4.74 Å². The van der Waals surface area contributed by atoms with Crippen molar-refractivity contribution in [3.05, 3.63) is 41.1 Å². The van der Waals surface area contributed by atoms with E-state index in [9.17, 15) is 8.42 Å². The summed E-state index contributed by atoms with van der Waals surface area (Å²) in [6, 6.07) is 8.83. The van der Waals surface area contributed by atoms with Gasteiger partial charge in [-0.15, -0.1) is 0 Å². The Labute approximate surface area is 237 Å². The van der Waals surface area contributed by atoms with Gasteiger partial charge in [-0.25, -0.2) is 13.1 Å². The van der Waals surface area contributed by atoms with Crippen molar-refractivity contribution in [3.8, 4) is 11.3 Å². The summed E-state index contributed by atoms with van der Waals surface area (Å²) in [4.78, 5) is 2.67. The molecule has 2 aromatic rings. The minimum Gasteiger partial charge on any atom is -0.379 e. The van der Waals surface area contributed by atoms with Crippen LogP contribution in [-0.4, -0.2) is 57.3 Å². The Morgan fingerprint density at radius 2 is 1.49 bits per heavy atom. The van der Waals surface area contributed by atoms with E-state index in [1.54, 1.807) is 0 Å². The standard InChI is InChI=1S/C32H51N3O3S/c1-24-30(39(36,37)33-13-14-34-15-17-38-18-16-34)22-29(35(24)23-25-11-9-8-10-12-25)26-19-27(31(2,3)4)21-28(20-26)32(5,6)7/h19-22,25,33H,8-18,23H2,1-7H3. The minimum absolute atomic E-state index is 0.0121. The third-order valence-electron chi connectivity index (χ3n) is 8.56. The molecular weight excluding hydrogens is 506 g/mol. The lowest BCUT2D eigenvalue weighted by atomic mass is 9.79. The highest BCUT2D eigenvalue weighted by Crippen LogP contribution is 2.37. The average Bonchev–Trinajstić information content (AvgIpc) is 3.20. The van der Waals surface area contributed by atoms with E-state index in [2.05, 4.69) is 73.9 Å². The van der Waals surface area contributed by atoms with E-state index >= 15 is 0 Å². The van der Waals surface area contributed by atoms with Gasteiger partial charge in [0.05, 0.1) is 13.2 Å². The van der Waals surface area contributed by atoms with E-state index in [0.717, 1.165) is 36.6 Å². The number of benzene rings is 1. The topological polar surface area (TPSA) is 63.6 Å². The number of nitrogens with zero attached hydrogens (tertiary/aromatic N) is 2. The fourth-order valence-electron chi connectivity index (χ4n) is 5.88. The first-order valence-electron chi connectivity index (χ1n) is 14.9. The van der Waals surface area contributed by atoms with Crippen molar-refractivity contribution >= 4 is 10.0 Å². The van der Waals surface area contributed by atoms with Gasteiger partial charge in [-0.3, -0.25) is 4.90 Å². The first-order valence-corrected chi connectivity index (χ1v) is 16.4. The summed E-state index contributed by atoms with van der Waals surface area (Å²) in [5.74, 6) is 0.585. The summed E-state index contributed by atoms with van der Waals surface area (Å²) in [5, 5.41) is 0. The number of nitrogens with one attached hydrogen (secondary N) is 1. The highest BCUT2D eigenvalue weighted by atomic mass is 32.2. The number of hydrogen-bond donors (Lipinski definition) is 1. The summed E-state index contributed by atoms with van der Waals surface area (Å²) in [6.07, 6.45) is 6.27. The van der Waals surface area contributed by atoms with E-state index in [0.29, 0.717) is 37.1 Å². The second-order valence-electron chi connectivity index (χ2n) is 13.7. The number of hydrogen-bond acceptors (Lipinski definition) is 4.